The van der Waals surface area contributed by atoms with E-state index in [1.54, 1.807) is 6.26 Å². The Balaban J connectivity index is 1.40. The van der Waals surface area contributed by atoms with Crippen molar-refractivity contribution in [3.8, 4) is 0 Å². The maximum absolute atomic E-state index is 6.11. The van der Waals surface area contributed by atoms with E-state index in [0.717, 1.165) is 57.9 Å². The van der Waals surface area contributed by atoms with E-state index in [2.05, 4.69) is 26.9 Å². The number of aromatic nitrogens is 1. The van der Waals surface area contributed by atoms with Gasteiger partial charge in [0.1, 0.15) is 5.76 Å². The predicted octanol–water partition coefficient (Wildman–Crippen LogP) is 2.54. The first kappa shape index (κ1) is 15.8. The van der Waals surface area contributed by atoms with Crippen molar-refractivity contribution in [2.75, 3.05) is 26.2 Å². The highest BCUT2D eigenvalue weighted by atomic mass is 16.5. The van der Waals surface area contributed by atoms with Gasteiger partial charge in [0.15, 0.2) is 0 Å². The van der Waals surface area contributed by atoms with Gasteiger partial charge in [-0.25, -0.2) is 0 Å². The number of likely N-dealkylation sites (tertiary alicyclic amines) is 1. The van der Waals surface area contributed by atoms with Crippen LogP contribution >= 0.6 is 0 Å². The van der Waals surface area contributed by atoms with Gasteiger partial charge >= 0.3 is 0 Å². The molecule has 2 saturated heterocycles. The van der Waals surface area contributed by atoms with Gasteiger partial charge in [-0.05, 0) is 36.6 Å². The standard InChI is InChI=1S/C19H25N3O2/c1-3-16(13-20-7-1)14-22-10-12-24-19-6-9-21(8-5-18(19)22)15-17-4-2-11-23-17/h1-4,7,11,13,18-19H,5-6,8-10,12,14-15H2/t18-,19+/m1/s1. The van der Waals surface area contributed by atoms with Gasteiger partial charge in [0.05, 0.1) is 25.5 Å². The van der Waals surface area contributed by atoms with Crippen LogP contribution in [0, 0.1) is 0 Å². The maximum atomic E-state index is 6.11. The molecule has 0 N–H and O–H groups in total. The molecule has 0 aliphatic carbocycles. The quantitative estimate of drug-likeness (QED) is 0.863. The van der Waals surface area contributed by atoms with Gasteiger partial charge in [-0.3, -0.25) is 14.8 Å². The molecule has 4 rings (SSSR count). The van der Waals surface area contributed by atoms with Gasteiger partial charge in [0.25, 0.3) is 0 Å². The largest absolute Gasteiger partial charge is 0.468 e. The number of pyridine rings is 1. The summed E-state index contributed by atoms with van der Waals surface area (Å²) in [5, 5.41) is 0. The van der Waals surface area contributed by atoms with Gasteiger partial charge in [0, 0.05) is 44.6 Å². The fraction of sp³-hybridized carbons (Fsp3) is 0.526. The maximum Gasteiger partial charge on any atom is 0.117 e. The Hall–Kier alpha value is -1.69. The van der Waals surface area contributed by atoms with Crippen LogP contribution in [-0.4, -0.2) is 53.2 Å². The van der Waals surface area contributed by atoms with Crippen molar-refractivity contribution in [3.63, 3.8) is 0 Å². The lowest BCUT2D eigenvalue weighted by Gasteiger charge is -2.40. The fourth-order valence-electron chi connectivity index (χ4n) is 3.92. The molecule has 2 aromatic rings. The van der Waals surface area contributed by atoms with E-state index in [4.69, 9.17) is 9.15 Å². The number of hydrogen-bond acceptors (Lipinski definition) is 5. The minimum atomic E-state index is 0.344. The molecule has 4 heterocycles. The summed E-state index contributed by atoms with van der Waals surface area (Å²) in [6.07, 6.45) is 8.15. The Morgan fingerprint density at radius 3 is 2.88 bits per heavy atom. The van der Waals surface area contributed by atoms with Crippen molar-refractivity contribution in [1.29, 1.82) is 0 Å². The molecule has 0 unspecified atom stereocenters. The lowest BCUT2D eigenvalue weighted by Crippen LogP contribution is -2.50. The summed E-state index contributed by atoms with van der Waals surface area (Å²) in [5.74, 6) is 1.05. The lowest BCUT2D eigenvalue weighted by molar-refractivity contribution is -0.0747. The SMILES string of the molecule is c1cncc(CN2CCO[C@H]3CCN(Cc4ccco4)CC[C@H]32)c1. The Bertz CT molecular complexity index is 617. The molecule has 0 saturated carbocycles. The van der Waals surface area contributed by atoms with E-state index >= 15 is 0 Å². The number of hydrogen-bond donors (Lipinski definition) is 0. The average molecular weight is 327 g/mol. The number of furan rings is 1. The van der Waals surface area contributed by atoms with Gasteiger partial charge in [-0.1, -0.05) is 6.07 Å². The molecular formula is C19H25N3O2. The first-order valence-electron chi connectivity index (χ1n) is 8.88. The molecule has 5 heteroatoms. The van der Waals surface area contributed by atoms with Crippen LogP contribution in [0.2, 0.25) is 0 Å². The summed E-state index contributed by atoms with van der Waals surface area (Å²) in [5.41, 5.74) is 1.29. The molecule has 0 amide bonds. The second kappa shape index (κ2) is 7.47. The monoisotopic (exact) mass is 327 g/mol. The second-order valence-corrected chi connectivity index (χ2v) is 6.74. The number of fused-ring (bicyclic) bond motifs is 1. The topological polar surface area (TPSA) is 41.7 Å². The number of morpholine rings is 1. The van der Waals surface area contributed by atoms with Crippen LogP contribution < -0.4 is 0 Å². The third kappa shape index (κ3) is 3.69. The van der Waals surface area contributed by atoms with Crippen LogP contribution in [0.3, 0.4) is 0 Å². The Labute approximate surface area is 143 Å². The molecular weight excluding hydrogens is 302 g/mol. The molecule has 0 bridgehead atoms. The zero-order valence-corrected chi connectivity index (χ0v) is 14.0. The van der Waals surface area contributed by atoms with Crippen LogP contribution in [0.1, 0.15) is 24.2 Å². The van der Waals surface area contributed by atoms with E-state index < -0.39 is 0 Å². The van der Waals surface area contributed by atoms with Crippen molar-refractivity contribution >= 4 is 0 Å². The third-order valence-corrected chi connectivity index (χ3v) is 5.15. The molecule has 2 atom stereocenters. The summed E-state index contributed by atoms with van der Waals surface area (Å²) in [7, 11) is 0. The fourth-order valence-corrected chi connectivity index (χ4v) is 3.92. The van der Waals surface area contributed by atoms with Crippen LogP contribution in [0.15, 0.2) is 47.3 Å². The summed E-state index contributed by atoms with van der Waals surface area (Å²) in [6, 6.07) is 8.71. The molecule has 0 spiro atoms. The van der Waals surface area contributed by atoms with E-state index in [9.17, 15) is 0 Å². The van der Waals surface area contributed by atoms with Gasteiger partial charge < -0.3 is 9.15 Å². The van der Waals surface area contributed by atoms with Gasteiger partial charge in [-0.2, -0.15) is 0 Å². The predicted molar refractivity (Wildman–Crippen MR) is 91.4 cm³/mol. The Kier molecular flexibility index (Phi) is 4.92. The van der Waals surface area contributed by atoms with Crippen molar-refractivity contribution < 1.29 is 9.15 Å². The first-order chi connectivity index (χ1) is 11.9. The molecule has 24 heavy (non-hydrogen) atoms. The zero-order chi connectivity index (χ0) is 16.2. The zero-order valence-electron chi connectivity index (χ0n) is 14.0. The summed E-state index contributed by atoms with van der Waals surface area (Å²) in [4.78, 5) is 9.32. The van der Waals surface area contributed by atoms with E-state index in [1.807, 2.05) is 24.5 Å². The normalized spacial score (nSPS) is 26.0. The third-order valence-electron chi connectivity index (χ3n) is 5.15. The number of rotatable bonds is 4. The van der Waals surface area contributed by atoms with Gasteiger partial charge in [0.2, 0.25) is 0 Å². The minimum Gasteiger partial charge on any atom is -0.468 e. The van der Waals surface area contributed by atoms with Crippen molar-refractivity contribution in [2.45, 2.75) is 38.1 Å². The summed E-state index contributed by atoms with van der Waals surface area (Å²) >= 11 is 0. The molecule has 2 fully saturated rings. The highest BCUT2D eigenvalue weighted by Crippen LogP contribution is 2.26. The number of ether oxygens (including phenoxy) is 1. The summed E-state index contributed by atoms with van der Waals surface area (Å²) < 4.78 is 11.6. The highest BCUT2D eigenvalue weighted by molar-refractivity contribution is 5.09. The molecule has 128 valence electrons. The van der Waals surface area contributed by atoms with E-state index in [1.165, 1.54) is 5.56 Å². The lowest BCUT2D eigenvalue weighted by atomic mass is 10.0. The van der Waals surface area contributed by atoms with Crippen molar-refractivity contribution in [1.82, 2.24) is 14.8 Å². The molecule has 2 aliphatic rings. The van der Waals surface area contributed by atoms with Crippen molar-refractivity contribution in [3.05, 3.63) is 54.2 Å². The molecule has 2 aliphatic heterocycles. The Morgan fingerprint density at radius 1 is 1.08 bits per heavy atom. The molecule has 0 radical (unpaired) electrons. The van der Waals surface area contributed by atoms with E-state index in [-0.39, 0.29) is 0 Å². The minimum absolute atomic E-state index is 0.344. The Morgan fingerprint density at radius 2 is 2.04 bits per heavy atom. The molecule has 5 nitrogen and oxygen atoms in total. The first-order valence-corrected chi connectivity index (χ1v) is 8.88. The van der Waals surface area contributed by atoms with Crippen LogP contribution in [-0.2, 0) is 17.8 Å². The number of nitrogens with zero attached hydrogens (tertiary/aromatic N) is 3. The second-order valence-electron chi connectivity index (χ2n) is 6.74. The highest BCUT2D eigenvalue weighted by Gasteiger charge is 2.34. The van der Waals surface area contributed by atoms with Crippen LogP contribution in [0.25, 0.3) is 0 Å². The molecule has 2 aromatic heterocycles. The van der Waals surface area contributed by atoms with E-state index in [0.29, 0.717) is 12.1 Å². The van der Waals surface area contributed by atoms with Crippen molar-refractivity contribution in [2.24, 2.45) is 0 Å². The summed E-state index contributed by atoms with van der Waals surface area (Å²) in [6.45, 7) is 5.87. The average Bonchev–Trinajstić information content (AvgIpc) is 3.03. The smallest absolute Gasteiger partial charge is 0.117 e. The van der Waals surface area contributed by atoms with Gasteiger partial charge in [-0.15, -0.1) is 0 Å². The van der Waals surface area contributed by atoms with Crippen LogP contribution in [0.4, 0.5) is 0 Å². The molecule has 0 aromatic carbocycles. The van der Waals surface area contributed by atoms with Crippen LogP contribution in [0.5, 0.6) is 0 Å².